The number of halogens is 1. The van der Waals surface area contributed by atoms with E-state index in [1.54, 1.807) is 21.3 Å². The maximum atomic E-state index is 5.44. The summed E-state index contributed by atoms with van der Waals surface area (Å²) in [4.78, 5) is 4.36. The first-order valence-corrected chi connectivity index (χ1v) is 9.16. The lowest BCUT2D eigenvalue weighted by atomic mass is 9.84. The lowest BCUT2D eigenvalue weighted by molar-refractivity contribution is 0.353. The summed E-state index contributed by atoms with van der Waals surface area (Å²) >= 11 is 0. The summed E-state index contributed by atoms with van der Waals surface area (Å²) in [6.45, 7) is 7.23. The average molecular weight is 497 g/mol. The summed E-state index contributed by atoms with van der Waals surface area (Å²) in [6, 6.07) is 16.6. The molecule has 0 aliphatic heterocycles. The van der Waals surface area contributed by atoms with E-state index in [1.165, 1.54) is 11.1 Å². The van der Waals surface area contributed by atoms with Crippen molar-refractivity contribution in [3.8, 4) is 11.5 Å². The largest absolute Gasteiger partial charge is 0.493 e. The molecular formula is C22H32IN3O2. The van der Waals surface area contributed by atoms with Gasteiger partial charge in [-0.05, 0) is 30.2 Å². The molecule has 2 aromatic rings. The van der Waals surface area contributed by atoms with Gasteiger partial charge in [0.2, 0.25) is 0 Å². The molecule has 2 rings (SSSR count). The molecule has 154 valence electrons. The number of hydrogen-bond donors (Lipinski definition) is 2. The van der Waals surface area contributed by atoms with E-state index in [9.17, 15) is 0 Å². The monoisotopic (exact) mass is 497 g/mol. The van der Waals surface area contributed by atoms with Crippen LogP contribution in [0, 0.1) is 0 Å². The van der Waals surface area contributed by atoms with E-state index in [0.29, 0.717) is 0 Å². The SMILES string of the molecule is CN=C(NCC(C)(C)c1ccc(OC)c(OC)c1)NC(C)c1ccccc1.I. The van der Waals surface area contributed by atoms with Crippen molar-refractivity contribution >= 4 is 29.9 Å². The van der Waals surface area contributed by atoms with Crippen LogP contribution in [0.1, 0.15) is 37.9 Å². The van der Waals surface area contributed by atoms with Crippen LogP contribution >= 0.6 is 24.0 Å². The molecule has 0 aliphatic carbocycles. The highest BCUT2D eigenvalue weighted by atomic mass is 127. The fourth-order valence-corrected chi connectivity index (χ4v) is 2.89. The Bertz CT molecular complexity index is 764. The van der Waals surface area contributed by atoms with Crippen LogP contribution in [0.3, 0.4) is 0 Å². The summed E-state index contributed by atoms with van der Waals surface area (Å²) in [5.41, 5.74) is 2.27. The number of hydrogen-bond acceptors (Lipinski definition) is 3. The topological polar surface area (TPSA) is 54.9 Å². The molecule has 0 spiro atoms. The fourth-order valence-electron chi connectivity index (χ4n) is 2.89. The lowest BCUT2D eigenvalue weighted by Crippen LogP contribution is -2.44. The van der Waals surface area contributed by atoms with Gasteiger partial charge in [-0.1, -0.05) is 50.2 Å². The van der Waals surface area contributed by atoms with Gasteiger partial charge in [-0.2, -0.15) is 0 Å². The van der Waals surface area contributed by atoms with Crippen molar-refractivity contribution in [2.75, 3.05) is 27.8 Å². The molecule has 0 saturated carbocycles. The Kier molecular flexibility index (Phi) is 9.58. The molecule has 0 heterocycles. The summed E-state index contributed by atoms with van der Waals surface area (Å²) < 4.78 is 10.8. The molecular weight excluding hydrogens is 465 g/mol. The summed E-state index contributed by atoms with van der Waals surface area (Å²) in [7, 11) is 5.09. The summed E-state index contributed by atoms with van der Waals surface area (Å²) in [5.74, 6) is 2.25. The van der Waals surface area contributed by atoms with E-state index in [-0.39, 0.29) is 35.4 Å². The smallest absolute Gasteiger partial charge is 0.191 e. The molecule has 1 unspecified atom stereocenters. The Morgan fingerprint density at radius 1 is 1.04 bits per heavy atom. The van der Waals surface area contributed by atoms with E-state index in [2.05, 4.69) is 54.6 Å². The van der Waals surface area contributed by atoms with Gasteiger partial charge in [-0.15, -0.1) is 24.0 Å². The average Bonchev–Trinajstić information content (AvgIpc) is 2.70. The van der Waals surface area contributed by atoms with Crippen LogP contribution in [0.5, 0.6) is 11.5 Å². The van der Waals surface area contributed by atoms with Gasteiger partial charge in [0.05, 0.1) is 20.3 Å². The van der Waals surface area contributed by atoms with Crippen molar-refractivity contribution in [1.29, 1.82) is 0 Å². The zero-order valence-electron chi connectivity index (χ0n) is 17.6. The van der Waals surface area contributed by atoms with Gasteiger partial charge in [0.25, 0.3) is 0 Å². The van der Waals surface area contributed by atoms with Crippen molar-refractivity contribution in [3.63, 3.8) is 0 Å². The van der Waals surface area contributed by atoms with E-state index in [0.717, 1.165) is 24.0 Å². The summed E-state index contributed by atoms with van der Waals surface area (Å²) in [5, 5.41) is 6.88. The third-order valence-corrected chi connectivity index (χ3v) is 4.74. The Morgan fingerprint density at radius 2 is 1.68 bits per heavy atom. The Balaban J connectivity index is 0.00000392. The van der Waals surface area contributed by atoms with Gasteiger partial charge in [0.15, 0.2) is 17.5 Å². The standard InChI is InChI=1S/C22H31N3O2.HI/c1-16(17-10-8-7-9-11-17)25-21(23-4)24-15-22(2,3)18-12-13-19(26-5)20(14-18)27-6;/h7-14,16H,15H2,1-6H3,(H2,23,24,25);1H. The van der Waals surface area contributed by atoms with Gasteiger partial charge in [0, 0.05) is 19.0 Å². The first kappa shape index (κ1) is 24.1. The molecule has 0 aliphatic rings. The molecule has 1 atom stereocenters. The van der Waals surface area contributed by atoms with E-state index in [4.69, 9.17) is 9.47 Å². The molecule has 0 fully saturated rings. The van der Waals surface area contributed by atoms with E-state index >= 15 is 0 Å². The fraction of sp³-hybridized carbons (Fsp3) is 0.409. The Labute approximate surface area is 186 Å². The first-order chi connectivity index (χ1) is 12.9. The number of aliphatic imine (C=N–C) groups is 1. The van der Waals surface area contributed by atoms with Crippen molar-refractivity contribution in [2.24, 2.45) is 4.99 Å². The minimum absolute atomic E-state index is 0. The molecule has 0 bridgehead atoms. The number of rotatable bonds is 7. The van der Waals surface area contributed by atoms with Gasteiger partial charge >= 0.3 is 0 Å². The second kappa shape index (κ2) is 11.1. The predicted octanol–water partition coefficient (Wildman–Crippen LogP) is 4.53. The molecule has 2 aromatic carbocycles. The van der Waals surface area contributed by atoms with Crippen LogP contribution in [0.25, 0.3) is 0 Å². The predicted molar refractivity (Wildman–Crippen MR) is 127 cm³/mol. The molecule has 28 heavy (non-hydrogen) atoms. The van der Waals surface area contributed by atoms with Crippen molar-refractivity contribution in [2.45, 2.75) is 32.2 Å². The molecule has 6 heteroatoms. The minimum Gasteiger partial charge on any atom is -0.493 e. The summed E-state index contributed by atoms with van der Waals surface area (Å²) in [6.07, 6.45) is 0. The van der Waals surface area contributed by atoms with Crippen LogP contribution in [-0.2, 0) is 5.41 Å². The zero-order chi connectivity index (χ0) is 19.9. The maximum Gasteiger partial charge on any atom is 0.191 e. The lowest BCUT2D eigenvalue weighted by Gasteiger charge is -2.28. The zero-order valence-corrected chi connectivity index (χ0v) is 19.9. The van der Waals surface area contributed by atoms with Crippen LogP contribution in [0.2, 0.25) is 0 Å². The van der Waals surface area contributed by atoms with Crippen LogP contribution in [0.4, 0.5) is 0 Å². The van der Waals surface area contributed by atoms with Crippen LogP contribution in [0.15, 0.2) is 53.5 Å². The quantitative estimate of drug-likeness (QED) is 0.336. The Hall–Kier alpha value is -1.96. The van der Waals surface area contributed by atoms with Crippen molar-refractivity contribution < 1.29 is 9.47 Å². The third-order valence-electron chi connectivity index (χ3n) is 4.74. The molecule has 0 amide bonds. The third kappa shape index (κ3) is 6.29. The van der Waals surface area contributed by atoms with Gasteiger partial charge in [0.1, 0.15) is 0 Å². The van der Waals surface area contributed by atoms with Gasteiger partial charge < -0.3 is 20.1 Å². The van der Waals surface area contributed by atoms with Crippen LogP contribution in [-0.4, -0.2) is 33.8 Å². The van der Waals surface area contributed by atoms with E-state index < -0.39 is 0 Å². The number of benzene rings is 2. The van der Waals surface area contributed by atoms with E-state index in [1.807, 2.05) is 30.3 Å². The van der Waals surface area contributed by atoms with Crippen LogP contribution < -0.4 is 20.1 Å². The number of nitrogens with zero attached hydrogens (tertiary/aromatic N) is 1. The first-order valence-electron chi connectivity index (χ1n) is 9.16. The molecule has 2 N–H and O–H groups in total. The van der Waals surface area contributed by atoms with Crippen molar-refractivity contribution in [1.82, 2.24) is 10.6 Å². The Morgan fingerprint density at radius 3 is 2.25 bits per heavy atom. The number of guanidine groups is 1. The molecule has 0 saturated heterocycles. The highest BCUT2D eigenvalue weighted by molar-refractivity contribution is 14.0. The van der Waals surface area contributed by atoms with Gasteiger partial charge in [-0.25, -0.2) is 0 Å². The second-order valence-electron chi connectivity index (χ2n) is 7.16. The highest BCUT2D eigenvalue weighted by Gasteiger charge is 2.23. The molecule has 0 aromatic heterocycles. The number of methoxy groups -OCH3 is 2. The van der Waals surface area contributed by atoms with Crippen molar-refractivity contribution in [3.05, 3.63) is 59.7 Å². The molecule has 0 radical (unpaired) electrons. The molecule has 5 nitrogen and oxygen atoms in total. The second-order valence-corrected chi connectivity index (χ2v) is 7.16. The number of ether oxygens (including phenoxy) is 2. The normalized spacial score (nSPS) is 12.6. The number of nitrogens with one attached hydrogen (secondary N) is 2. The minimum atomic E-state index is -0.118. The highest BCUT2D eigenvalue weighted by Crippen LogP contribution is 2.32. The van der Waals surface area contributed by atoms with Gasteiger partial charge in [-0.3, -0.25) is 4.99 Å². The maximum absolute atomic E-state index is 5.44.